The molecule has 4 nitrogen and oxygen atoms in total. The van der Waals surface area contributed by atoms with Crippen molar-refractivity contribution in [3.05, 3.63) is 0 Å². The van der Waals surface area contributed by atoms with Gasteiger partial charge in [-0.25, -0.2) is 0 Å². The Hall–Kier alpha value is -0.466. The molecule has 0 spiro atoms. The highest BCUT2D eigenvalue weighted by Crippen LogP contribution is 2.48. The van der Waals surface area contributed by atoms with Crippen LogP contribution >= 0.6 is 0 Å². The van der Waals surface area contributed by atoms with E-state index in [0.29, 0.717) is 11.8 Å². The van der Waals surface area contributed by atoms with Gasteiger partial charge in [0.05, 0.1) is 17.9 Å². The lowest BCUT2D eigenvalue weighted by Gasteiger charge is -2.47. The van der Waals surface area contributed by atoms with Gasteiger partial charge < -0.3 is 9.16 Å². The van der Waals surface area contributed by atoms with E-state index in [2.05, 4.69) is 73.9 Å². The van der Waals surface area contributed by atoms with Crippen molar-refractivity contribution >= 4 is 28.3 Å². The molecule has 0 aromatic rings. The number of hydrogen-bond acceptors (Lipinski definition) is 4. The first-order valence-electron chi connectivity index (χ1n) is 12.7. The molecule has 3 atom stereocenters. The Balaban J connectivity index is 2.99. The topological polar surface area (TPSA) is 52.6 Å². The average Bonchev–Trinajstić information content (AvgIpc) is 2.79. The molecule has 3 unspecified atom stereocenters. The summed E-state index contributed by atoms with van der Waals surface area (Å²) in [5.74, 6) is -0.982. The lowest BCUT2D eigenvalue weighted by atomic mass is 9.67. The number of carbonyl (C=O) groups excluding carboxylic acids is 2. The molecule has 1 heterocycles. The number of hydrogen-bond donors (Lipinski definition) is 0. The van der Waals surface area contributed by atoms with Gasteiger partial charge >= 0.3 is 11.9 Å². The van der Waals surface area contributed by atoms with Gasteiger partial charge in [-0.1, -0.05) is 59.8 Å². The lowest BCUT2D eigenvalue weighted by molar-refractivity contribution is -0.153. The second-order valence-corrected chi connectivity index (χ2v) is 24.0. The Morgan fingerprint density at radius 1 is 0.969 bits per heavy atom. The molecule has 0 N–H and O–H groups in total. The molecule has 1 aliphatic heterocycles. The zero-order valence-corrected chi connectivity index (χ0v) is 25.1. The predicted octanol–water partition coefficient (Wildman–Crippen LogP) is 7.81. The summed E-state index contributed by atoms with van der Waals surface area (Å²) in [6.45, 7) is 26.2. The summed E-state index contributed by atoms with van der Waals surface area (Å²) in [7, 11) is -2.91. The summed E-state index contributed by atoms with van der Waals surface area (Å²) in [5, 5.41) is 0. The summed E-state index contributed by atoms with van der Waals surface area (Å²) >= 11 is 0. The van der Waals surface area contributed by atoms with E-state index in [4.69, 9.17) is 9.16 Å². The van der Waals surface area contributed by atoms with Gasteiger partial charge in [0.2, 0.25) is 0 Å². The molecule has 0 radical (unpaired) electrons. The number of ether oxygens (including phenoxy) is 1. The van der Waals surface area contributed by atoms with Crippen molar-refractivity contribution in [3.63, 3.8) is 0 Å². The molecule has 0 aliphatic carbocycles. The van der Waals surface area contributed by atoms with Crippen molar-refractivity contribution in [3.8, 4) is 0 Å². The minimum atomic E-state index is -1.76. The van der Waals surface area contributed by atoms with Gasteiger partial charge in [-0.2, -0.15) is 0 Å². The largest absolute Gasteiger partial charge is 0.412 e. The molecule has 0 bridgehead atoms. The van der Waals surface area contributed by atoms with Crippen LogP contribution in [-0.4, -0.2) is 33.9 Å². The van der Waals surface area contributed by atoms with Gasteiger partial charge in [0.25, 0.3) is 0 Å². The zero-order chi connectivity index (χ0) is 25.0. The minimum absolute atomic E-state index is 0.212. The number of carbonyl (C=O) groups is 2. The fourth-order valence-corrected chi connectivity index (χ4v) is 11.4. The SMILES string of the molecule is CCCC(C)(CC(C)(C)C[Si](C)(C)C)CC(C)(CCCC1CC(=O)OC1=O)O[Si](C)(C)C. The summed E-state index contributed by atoms with van der Waals surface area (Å²) in [6, 6.07) is 1.34. The molecule has 1 fully saturated rings. The highest BCUT2D eigenvalue weighted by molar-refractivity contribution is 6.76. The molecule has 1 aliphatic rings. The normalized spacial score (nSPS) is 21.9. The molecule has 6 heteroatoms. The fraction of sp³-hybridized carbons (Fsp3) is 0.923. The Morgan fingerprint density at radius 2 is 1.56 bits per heavy atom. The van der Waals surface area contributed by atoms with Crippen LogP contribution in [0.4, 0.5) is 0 Å². The smallest absolute Gasteiger partial charge is 0.317 e. The molecular formula is C26H52O4Si2. The van der Waals surface area contributed by atoms with Gasteiger partial charge in [0, 0.05) is 8.07 Å². The molecule has 1 rings (SSSR count). The van der Waals surface area contributed by atoms with Crippen molar-refractivity contribution in [1.82, 2.24) is 0 Å². The Bertz CT molecular complexity index is 647. The highest BCUT2D eigenvalue weighted by Gasteiger charge is 2.42. The van der Waals surface area contributed by atoms with Gasteiger partial charge in [-0.15, -0.1) is 0 Å². The molecule has 0 aromatic heterocycles. The third-order valence-electron chi connectivity index (χ3n) is 6.34. The maximum atomic E-state index is 11.9. The van der Waals surface area contributed by atoms with E-state index in [1.807, 2.05) is 0 Å². The van der Waals surface area contributed by atoms with Crippen molar-refractivity contribution < 1.29 is 18.8 Å². The maximum Gasteiger partial charge on any atom is 0.317 e. The van der Waals surface area contributed by atoms with E-state index in [9.17, 15) is 9.59 Å². The summed E-state index contributed by atoms with van der Waals surface area (Å²) in [4.78, 5) is 23.3. The summed E-state index contributed by atoms with van der Waals surface area (Å²) < 4.78 is 11.6. The van der Waals surface area contributed by atoms with Gasteiger partial charge in [-0.3, -0.25) is 9.59 Å². The van der Waals surface area contributed by atoms with Crippen molar-refractivity contribution in [2.75, 3.05) is 0 Å². The van der Waals surface area contributed by atoms with Crippen LogP contribution in [0.5, 0.6) is 0 Å². The van der Waals surface area contributed by atoms with Crippen LogP contribution < -0.4 is 0 Å². The van der Waals surface area contributed by atoms with Crippen LogP contribution in [0, 0.1) is 16.7 Å². The first kappa shape index (κ1) is 29.6. The Morgan fingerprint density at radius 3 is 2.00 bits per heavy atom. The molecule has 0 aromatic carbocycles. The third kappa shape index (κ3) is 11.1. The molecule has 32 heavy (non-hydrogen) atoms. The Kier molecular flexibility index (Phi) is 10.0. The fourth-order valence-electron chi connectivity index (χ4n) is 6.78. The van der Waals surface area contributed by atoms with Crippen molar-refractivity contribution in [1.29, 1.82) is 0 Å². The quantitative estimate of drug-likeness (QED) is 0.143. The van der Waals surface area contributed by atoms with E-state index in [-0.39, 0.29) is 35.3 Å². The van der Waals surface area contributed by atoms with Crippen LogP contribution in [0.2, 0.25) is 45.3 Å². The standard InChI is InChI=1S/C26H52O4Si2/c1-12-15-25(4,18-24(2,3)20-31(6,7)8)19-26(5,30-32(9,10)11)16-13-14-21-17-22(27)29-23(21)28/h21H,12-20H2,1-11H3. The molecule has 0 saturated carbocycles. The number of cyclic esters (lactones) is 2. The number of esters is 2. The van der Waals surface area contributed by atoms with E-state index in [1.165, 1.54) is 25.3 Å². The maximum absolute atomic E-state index is 11.9. The zero-order valence-electron chi connectivity index (χ0n) is 23.1. The van der Waals surface area contributed by atoms with Gasteiger partial charge in [0.15, 0.2) is 8.32 Å². The predicted molar refractivity (Wildman–Crippen MR) is 140 cm³/mol. The van der Waals surface area contributed by atoms with Crippen LogP contribution in [0.15, 0.2) is 0 Å². The molecular weight excluding hydrogens is 432 g/mol. The monoisotopic (exact) mass is 484 g/mol. The van der Waals surface area contributed by atoms with Crippen molar-refractivity contribution in [2.45, 2.75) is 137 Å². The van der Waals surface area contributed by atoms with E-state index >= 15 is 0 Å². The second kappa shape index (κ2) is 10.9. The van der Waals surface area contributed by atoms with Gasteiger partial charge in [-0.05, 0) is 75.9 Å². The summed E-state index contributed by atoms with van der Waals surface area (Å²) in [6.07, 6.45) is 7.39. The Labute approximate surface area is 200 Å². The van der Waals surface area contributed by atoms with Crippen LogP contribution in [-0.2, 0) is 18.8 Å². The van der Waals surface area contributed by atoms with E-state index < -0.39 is 16.4 Å². The van der Waals surface area contributed by atoms with E-state index in [0.717, 1.165) is 19.3 Å². The first-order chi connectivity index (χ1) is 14.3. The van der Waals surface area contributed by atoms with Crippen LogP contribution in [0.25, 0.3) is 0 Å². The van der Waals surface area contributed by atoms with Gasteiger partial charge in [0.1, 0.15) is 0 Å². The first-order valence-corrected chi connectivity index (χ1v) is 19.8. The third-order valence-corrected chi connectivity index (χ3v) is 9.46. The second-order valence-electron chi connectivity index (χ2n) is 14.1. The molecule has 0 amide bonds. The minimum Gasteiger partial charge on any atom is -0.412 e. The molecule has 188 valence electrons. The lowest BCUT2D eigenvalue weighted by Crippen LogP contribution is -2.45. The molecule has 1 saturated heterocycles. The summed E-state index contributed by atoms with van der Waals surface area (Å²) in [5.41, 5.74) is 0.327. The van der Waals surface area contributed by atoms with E-state index in [1.54, 1.807) is 0 Å². The average molecular weight is 485 g/mol. The van der Waals surface area contributed by atoms with Crippen LogP contribution in [0.1, 0.15) is 86.0 Å². The van der Waals surface area contributed by atoms with Crippen LogP contribution in [0.3, 0.4) is 0 Å². The highest BCUT2D eigenvalue weighted by atomic mass is 28.4. The van der Waals surface area contributed by atoms with Crippen molar-refractivity contribution in [2.24, 2.45) is 16.7 Å². The number of rotatable bonds is 14.